The van der Waals surface area contributed by atoms with E-state index < -0.39 is 0 Å². The second-order valence-electron chi connectivity index (χ2n) is 9.17. The van der Waals surface area contributed by atoms with Crippen molar-refractivity contribution in [3.63, 3.8) is 0 Å². The normalized spacial score (nSPS) is 19.3. The third-order valence-electron chi connectivity index (χ3n) is 6.59. The van der Waals surface area contributed by atoms with Gasteiger partial charge in [-0.3, -0.25) is 4.79 Å². The molecule has 0 saturated heterocycles. The second-order valence-corrected chi connectivity index (χ2v) is 9.17. The Bertz CT molecular complexity index is 971. The summed E-state index contributed by atoms with van der Waals surface area (Å²) in [5, 5.41) is 6.74. The highest BCUT2D eigenvalue weighted by Gasteiger charge is 2.25. The van der Waals surface area contributed by atoms with Gasteiger partial charge in [-0.25, -0.2) is 4.98 Å². The molecule has 2 aliphatic carbocycles. The summed E-state index contributed by atoms with van der Waals surface area (Å²) in [7, 11) is 7.26. The summed E-state index contributed by atoms with van der Waals surface area (Å²) >= 11 is 0. The fraction of sp³-hybridized carbons (Fsp3) is 0.560. The predicted molar refractivity (Wildman–Crippen MR) is 137 cm³/mol. The van der Waals surface area contributed by atoms with Crippen LogP contribution in [0.5, 0.6) is 11.5 Å². The van der Waals surface area contributed by atoms with Crippen LogP contribution in [0.1, 0.15) is 60.1 Å². The summed E-state index contributed by atoms with van der Waals surface area (Å²) in [5.41, 5.74) is 3.04. The molecule has 34 heavy (non-hydrogen) atoms. The van der Waals surface area contributed by atoms with Gasteiger partial charge in [0, 0.05) is 43.4 Å². The van der Waals surface area contributed by atoms with Crippen LogP contribution in [0.2, 0.25) is 0 Å². The van der Waals surface area contributed by atoms with Gasteiger partial charge >= 0.3 is 0 Å². The van der Waals surface area contributed by atoms with E-state index in [1.165, 1.54) is 24.1 Å². The standard InChI is InChI=1S/C25H35N5O3.ClH/c1-30(2)23-21-7-5-6-8-22(21)28-25(29-23)27-18-11-9-17(10-12-18)26-24(31)16-13-19(32-3)15-20(14-16)33-4;/h13-15,17-18H,5-12H2,1-4H3,(H,26,31)(H,27,28,29);1H. The van der Waals surface area contributed by atoms with Gasteiger partial charge < -0.3 is 25.0 Å². The molecule has 2 aliphatic rings. The number of ether oxygens (including phenoxy) is 2. The first-order chi connectivity index (χ1) is 16.0. The largest absolute Gasteiger partial charge is 0.497 e. The average molecular weight is 490 g/mol. The lowest BCUT2D eigenvalue weighted by Crippen LogP contribution is -2.40. The van der Waals surface area contributed by atoms with Crippen molar-refractivity contribution in [2.75, 3.05) is 38.5 Å². The molecule has 0 bridgehead atoms. The molecule has 0 radical (unpaired) electrons. The number of rotatable bonds is 7. The van der Waals surface area contributed by atoms with Crippen molar-refractivity contribution >= 4 is 30.1 Å². The first-order valence-corrected chi connectivity index (χ1v) is 11.8. The van der Waals surface area contributed by atoms with Crippen LogP contribution < -0.4 is 25.0 Å². The van der Waals surface area contributed by atoms with Gasteiger partial charge in [-0.05, 0) is 63.5 Å². The monoisotopic (exact) mass is 489 g/mol. The molecule has 0 aliphatic heterocycles. The number of carbonyl (C=O) groups is 1. The Balaban J connectivity index is 0.00000324. The van der Waals surface area contributed by atoms with E-state index in [-0.39, 0.29) is 24.4 Å². The number of aromatic nitrogens is 2. The van der Waals surface area contributed by atoms with Crippen molar-refractivity contribution in [2.45, 2.75) is 63.5 Å². The molecule has 0 spiro atoms. The van der Waals surface area contributed by atoms with E-state index in [4.69, 9.17) is 19.4 Å². The number of anilines is 2. The molecule has 0 atom stereocenters. The molecule has 1 heterocycles. The molecule has 1 aromatic carbocycles. The summed E-state index contributed by atoms with van der Waals surface area (Å²) in [6.45, 7) is 0. The molecule has 1 saturated carbocycles. The Morgan fingerprint density at radius 1 is 0.941 bits per heavy atom. The number of methoxy groups -OCH3 is 2. The van der Waals surface area contributed by atoms with Crippen LogP contribution in [0.15, 0.2) is 18.2 Å². The summed E-state index contributed by atoms with van der Waals surface area (Å²) in [5.74, 6) is 2.88. The summed E-state index contributed by atoms with van der Waals surface area (Å²) < 4.78 is 10.6. The van der Waals surface area contributed by atoms with Crippen LogP contribution in [0, 0.1) is 0 Å². The zero-order chi connectivity index (χ0) is 23.4. The van der Waals surface area contributed by atoms with Gasteiger partial charge in [-0.1, -0.05) is 0 Å². The minimum absolute atomic E-state index is 0. The Kier molecular flexibility index (Phi) is 8.83. The fourth-order valence-electron chi connectivity index (χ4n) is 4.78. The minimum atomic E-state index is -0.0998. The van der Waals surface area contributed by atoms with E-state index in [0.29, 0.717) is 23.1 Å². The minimum Gasteiger partial charge on any atom is -0.497 e. The third kappa shape index (κ3) is 6.03. The van der Waals surface area contributed by atoms with Gasteiger partial charge in [-0.15, -0.1) is 12.4 Å². The van der Waals surface area contributed by atoms with Gasteiger partial charge in [0.15, 0.2) is 0 Å². The quantitative estimate of drug-likeness (QED) is 0.607. The van der Waals surface area contributed by atoms with E-state index >= 15 is 0 Å². The first kappa shape index (κ1) is 25.9. The Morgan fingerprint density at radius 3 is 2.18 bits per heavy atom. The SMILES string of the molecule is COc1cc(OC)cc(C(=O)NC2CCC(Nc3nc4c(c(N(C)C)n3)CCCC4)CC2)c1.Cl. The maximum Gasteiger partial charge on any atom is 0.251 e. The molecule has 2 N–H and O–H groups in total. The van der Waals surface area contributed by atoms with E-state index in [1.54, 1.807) is 32.4 Å². The maximum absolute atomic E-state index is 12.8. The van der Waals surface area contributed by atoms with Gasteiger partial charge in [0.1, 0.15) is 17.3 Å². The molecule has 9 heteroatoms. The number of carbonyl (C=O) groups excluding carboxylic acids is 1. The van der Waals surface area contributed by atoms with Crippen LogP contribution in [0.3, 0.4) is 0 Å². The molecule has 2 aromatic rings. The van der Waals surface area contributed by atoms with Crippen molar-refractivity contribution in [1.82, 2.24) is 15.3 Å². The number of amides is 1. The molecular formula is C25H36ClN5O3. The van der Waals surface area contributed by atoms with Crippen molar-refractivity contribution in [1.29, 1.82) is 0 Å². The van der Waals surface area contributed by atoms with Gasteiger partial charge in [0.05, 0.1) is 19.9 Å². The molecule has 186 valence electrons. The smallest absolute Gasteiger partial charge is 0.251 e. The zero-order valence-corrected chi connectivity index (χ0v) is 21.3. The molecule has 4 rings (SSSR count). The van der Waals surface area contributed by atoms with Crippen molar-refractivity contribution in [3.05, 3.63) is 35.0 Å². The van der Waals surface area contributed by atoms with E-state index in [0.717, 1.165) is 50.3 Å². The fourth-order valence-corrected chi connectivity index (χ4v) is 4.78. The Labute approximate surface area is 208 Å². The number of aryl methyl sites for hydroxylation is 1. The van der Waals surface area contributed by atoms with Crippen LogP contribution in [0.25, 0.3) is 0 Å². The number of benzene rings is 1. The molecule has 1 amide bonds. The van der Waals surface area contributed by atoms with Crippen LogP contribution in [-0.4, -0.2) is 56.3 Å². The van der Waals surface area contributed by atoms with Gasteiger partial charge in [0.25, 0.3) is 5.91 Å². The van der Waals surface area contributed by atoms with Crippen molar-refractivity contribution in [2.24, 2.45) is 0 Å². The number of halogens is 1. The third-order valence-corrected chi connectivity index (χ3v) is 6.59. The van der Waals surface area contributed by atoms with Crippen molar-refractivity contribution < 1.29 is 14.3 Å². The predicted octanol–water partition coefficient (Wildman–Crippen LogP) is 4.01. The van der Waals surface area contributed by atoms with Crippen LogP contribution in [0.4, 0.5) is 11.8 Å². The summed E-state index contributed by atoms with van der Waals surface area (Å²) in [6, 6.07) is 5.70. The van der Waals surface area contributed by atoms with Crippen LogP contribution >= 0.6 is 12.4 Å². The highest BCUT2D eigenvalue weighted by Crippen LogP contribution is 2.29. The highest BCUT2D eigenvalue weighted by atomic mass is 35.5. The average Bonchev–Trinajstić information content (AvgIpc) is 2.84. The summed E-state index contributed by atoms with van der Waals surface area (Å²) in [4.78, 5) is 24.6. The zero-order valence-electron chi connectivity index (χ0n) is 20.5. The lowest BCUT2D eigenvalue weighted by molar-refractivity contribution is 0.0926. The second kappa shape index (κ2) is 11.6. The molecule has 8 nitrogen and oxygen atoms in total. The van der Waals surface area contributed by atoms with Crippen LogP contribution in [-0.2, 0) is 12.8 Å². The number of fused-ring (bicyclic) bond motifs is 1. The lowest BCUT2D eigenvalue weighted by Gasteiger charge is -2.30. The Hall–Kier alpha value is -2.74. The molecule has 1 fully saturated rings. The van der Waals surface area contributed by atoms with Crippen molar-refractivity contribution in [3.8, 4) is 11.5 Å². The topological polar surface area (TPSA) is 88.6 Å². The summed E-state index contributed by atoms with van der Waals surface area (Å²) in [6.07, 6.45) is 8.25. The Morgan fingerprint density at radius 2 is 1.56 bits per heavy atom. The van der Waals surface area contributed by atoms with E-state index in [1.807, 2.05) is 14.1 Å². The number of nitrogens with one attached hydrogen (secondary N) is 2. The number of hydrogen-bond donors (Lipinski definition) is 2. The van der Waals surface area contributed by atoms with E-state index in [2.05, 4.69) is 15.5 Å². The number of hydrogen-bond acceptors (Lipinski definition) is 7. The van der Waals surface area contributed by atoms with Gasteiger partial charge in [-0.2, -0.15) is 4.98 Å². The van der Waals surface area contributed by atoms with Gasteiger partial charge in [0.2, 0.25) is 5.95 Å². The van der Waals surface area contributed by atoms with E-state index in [9.17, 15) is 4.79 Å². The first-order valence-electron chi connectivity index (χ1n) is 11.8. The lowest BCUT2D eigenvalue weighted by atomic mass is 9.91. The maximum atomic E-state index is 12.8. The number of nitrogens with zero attached hydrogens (tertiary/aromatic N) is 3. The highest BCUT2D eigenvalue weighted by molar-refractivity contribution is 5.95. The molecule has 1 aromatic heterocycles. The molecular weight excluding hydrogens is 454 g/mol. The molecule has 0 unspecified atom stereocenters.